The van der Waals surface area contributed by atoms with Gasteiger partial charge in [-0.3, -0.25) is 4.68 Å². The van der Waals surface area contributed by atoms with Crippen molar-refractivity contribution >= 4 is 0 Å². The Bertz CT molecular complexity index is 549. The average molecular weight is 251 g/mol. The summed E-state index contributed by atoms with van der Waals surface area (Å²) >= 11 is 0. The largest absolute Gasteiger partial charge is 0.319 e. The van der Waals surface area contributed by atoms with E-state index in [0.29, 0.717) is 12.0 Å². The number of aryl methyl sites for hydroxylation is 1. The van der Waals surface area contributed by atoms with Gasteiger partial charge >= 0.3 is 0 Å². The molecule has 0 amide bonds. The maximum Gasteiger partial charge on any atom is 0.131 e. The molecule has 2 aromatic rings. The zero-order chi connectivity index (χ0) is 13.1. The van der Waals surface area contributed by atoms with Gasteiger partial charge in [0.1, 0.15) is 11.6 Å². The molecule has 2 rings (SSSR count). The van der Waals surface area contributed by atoms with Crippen LogP contribution in [0, 0.1) is 11.6 Å². The predicted octanol–water partition coefficient (Wildman–Crippen LogP) is 2.13. The lowest BCUT2D eigenvalue weighted by Gasteiger charge is -2.04. The van der Waals surface area contributed by atoms with Gasteiger partial charge in [0.2, 0.25) is 0 Å². The highest BCUT2D eigenvalue weighted by Gasteiger charge is 2.14. The highest BCUT2D eigenvalue weighted by molar-refractivity contribution is 5.66. The molecule has 0 saturated heterocycles. The van der Waals surface area contributed by atoms with Gasteiger partial charge in [-0.1, -0.05) is 0 Å². The van der Waals surface area contributed by atoms with Gasteiger partial charge in [0, 0.05) is 37.3 Å². The van der Waals surface area contributed by atoms with Gasteiger partial charge in [0.05, 0.1) is 5.69 Å². The van der Waals surface area contributed by atoms with Gasteiger partial charge in [-0.15, -0.1) is 0 Å². The SMILES string of the molecule is CNCCc1nn(C)cc1-c1cc(F)ccc1F. The van der Waals surface area contributed by atoms with E-state index in [1.54, 1.807) is 17.9 Å². The Balaban J connectivity index is 2.45. The summed E-state index contributed by atoms with van der Waals surface area (Å²) in [6, 6.07) is 3.46. The molecule has 0 aliphatic carbocycles. The van der Waals surface area contributed by atoms with Crippen LogP contribution >= 0.6 is 0 Å². The molecule has 0 saturated carbocycles. The number of halogens is 2. The standard InChI is InChI=1S/C13H15F2N3/c1-16-6-5-13-11(8-18(2)17-13)10-7-9(14)3-4-12(10)15/h3-4,7-8,16H,5-6H2,1-2H3. The first-order valence-electron chi connectivity index (χ1n) is 5.74. The molecule has 0 radical (unpaired) electrons. The Morgan fingerprint density at radius 1 is 1.28 bits per heavy atom. The predicted molar refractivity (Wildman–Crippen MR) is 66.2 cm³/mol. The van der Waals surface area contributed by atoms with Crippen molar-refractivity contribution in [3.8, 4) is 11.1 Å². The first kappa shape index (κ1) is 12.7. The van der Waals surface area contributed by atoms with E-state index >= 15 is 0 Å². The maximum atomic E-state index is 13.7. The maximum absolute atomic E-state index is 13.7. The molecule has 1 aromatic heterocycles. The van der Waals surface area contributed by atoms with E-state index in [4.69, 9.17) is 0 Å². The summed E-state index contributed by atoms with van der Waals surface area (Å²) in [6.07, 6.45) is 2.38. The van der Waals surface area contributed by atoms with Gasteiger partial charge < -0.3 is 5.32 Å². The molecule has 0 bridgehead atoms. The molecule has 1 heterocycles. The summed E-state index contributed by atoms with van der Waals surface area (Å²) in [5, 5.41) is 7.30. The minimum Gasteiger partial charge on any atom is -0.319 e. The minimum atomic E-state index is -0.449. The summed E-state index contributed by atoms with van der Waals surface area (Å²) in [5.74, 6) is -0.884. The lowest BCUT2D eigenvalue weighted by atomic mass is 10.0. The number of nitrogens with one attached hydrogen (secondary N) is 1. The number of aromatic nitrogens is 2. The molecule has 5 heteroatoms. The Kier molecular flexibility index (Phi) is 3.72. The Morgan fingerprint density at radius 3 is 2.78 bits per heavy atom. The quantitative estimate of drug-likeness (QED) is 0.902. The lowest BCUT2D eigenvalue weighted by molar-refractivity contribution is 0.603. The van der Waals surface area contributed by atoms with Crippen molar-refractivity contribution < 1.29 is 8.78 Å². The van der Waals surface area contributed by atoms with Gasteiger partial charge in [-0.05, 0) is 25.2 Å². The van der Waals surface area contributed by atoms with E-state index in [0.717, 1.165) is 24.4 Å². The number of hydrogen-bond donors (Lipinski definition) is 1. The highest BCUT2D eigenvalue weighted by Crippen LogP contribution is 2.26. The monoisotopic (exact) mass is 251 g/mol. The molecule has 0 spiro atoms. The molecule has 3 nitrogen and oxygen atoms in total. The van der Waals surface area contributed by atoms with Gasteiger partial charge in [-0.2, -0.15) is 5.10 Å². The van der Waals surface area contributed by atoms with Crippen LogP contribution in [0.3, 0.4) is 0 Å². The van der Waals surface area contributed by atoms with Crippen LogP contribution in [0.4, 0.5) is 8.78 Å². The number of hydrogen-bond acceptors (Lipinski definition) is 2. The third-order valence-electron chi connectivity index (χ3n) is 2.74. The number of nitrogens with zero attached hydrogens (tertiary/aromatic N) is 2. The molecule has 96 valence electrons. The number of likely N-dealkylation sites (N-methyl/N-ethyl adjacent to an activating group) is 1. The van der Waals surface area contributed by atoms with Crippen molar-refractivity contribution in [2.75, 3.05) is 13.6 Å². The lowest BCUT2D eigenvalue weighted by Crippen LogP contribution is -2.11. The van der Waals surface area contributed by atoms with E-state index in [9.17, 15) is 8.78 Å². The molecule has 0 fully saturated rings. The van der Waals surface area contributed by atoms with Crippen LogP contribution in [0.1, 0.15) is 5.69 Å². The van der Waals surface area contributed by atoms with E-state index in [-0.39, 0.29) is 5.56 Å². The summed E-state index contributed by atoms with van der Waals surface area (Å²) in [5.41, 5.74) is 1.66. The molecule has 0 aliphatic rings. The van der Waals surface area contributed by atoms with Gasteiger partial charge in [-0.25, -0.2) is 8.78 Å². The fraction of sp³-hybridized carbons (Fsp3) is 0.308. The van der Waals surface area contributed by atoms with Crippen molar-refractivity contribution in [2.45, 2.75) is 6.42 Å². The van der Waals surface area contributed by atoms with Crippen LogP contribution in [0.5, 0.6) is 0 Å². The van der Waals surface area contributed by atoms with E-state index < -0.39 is 11.6 Å². The molecule has 0 aliphatic heterocycles. The smallest absolute Gasteiger partial charge is 0.131 e. The van der Waals surface area contributed by atoms with Crippen molar-refractivity contribution in [2.24, 2.45) is 7.05 Å². The highest BCUT2D eigenvalue weighted by atomic mass is 19.1. The second-order valence-corrected chi connectivity index (χ2v) is 4.14. The van der Waals surface area contributed by atoms with Crippen LogP contribution in [0.15, 0.2) is 24.4 Å². The van der Waals surface area contributed by atoms with Crippen molar-refractivity contribution in [3.05, 3.63) is 41.7 Å². The number of benzene rings is 1. The van der Waals surface area contributed by atoms with Gasteiger partial charge in [0.25, 0.3) is 0 Å². The molecular weight excluding hydrogens is 236 g/mol. The van der Waals surface area contributed by atoms with Crippen LogP contribution in [-0.2, 0) is 13.5 Å². The summed E-state index contributed by atoms with van der Waals surface area (Å²) in [4.78, 5) is 0. The summed E-state index contributed by atoms with van der Waals surface area (Å²) in [6.45, 7) is 0.737. The summed E-state index contributed by atoms with van der Waals surface area (Å²) < 4.78 is 28.6. The van der Waals surface area contributed by atoms with Crippen molar-refractivity contribution in [1.29, 1.82) is 0 Å². The topological polar surface area (TPSA) is 29.9 Å². The summed E-state index contributed by atoms with van der Waals surface area (Å²) in [7, 11) is 3.61. The van der Waals surface area contributed by atoms with Crippen LogP contribution in [0.25, 0.3) is 11.1 Å². The third kappa shape index (κ3) is 2.56. The van der Waals surface area contributed by atoms with Gasteiger partial charge in [0.15, 0.2) is 0 Å². The second-order valence-electron chi connectivity index (χ2n) is 4.14. The fourth-order valence-corrected chi connectivity index (χ4v) is 1.89. The molecule has 0 atom stereocenters. The number of rotatable bonds is 4. The minimum absolute atomic E-state index is 0.259. The van der Waals surface area contributed by atoms with Crippen molar-refractivity contribution in [1.82, 2.24) is 15.1 Å². The second kappa shape index (κ2) is 5.27. The normalized spacial score (nSPS) is 10.9. The molecule has 1 aromatic carbocycles. The van der Waals surface area contributed by atoms with Crippen LogP contribution in [0.2, 0.25) is 0 Å². The molecule has 1 N–H and O–H groups in total. The van der Waals surface area contributed by atoms with Crippen LogP contribution < -0.4 is 5.32 Å². The first-order chi connectivity index (χ1) is 8.61. The molecule has 0 unspecified atom stereocenters. The average Bonchev–Trinajstić information content (AvgIpc) is 2.71. The molecular formula is C13H15F2N3. The van der Waals surface area contributed by atoms with Crippen molar-refractivity contribution in [3.63, 3.8) is 0 Å². The zero-order valence-corrected chi connectivity index (χ0v) is 10.4. The molecule has 18 heavy (non-hydrogen) atoms. The van der Waals surface area contributed by atoms with Crippen LogP contribution in [-0.4, -0.2) is 23.4 Å². The van der Waals surface area contributed by atoms with E-state index in [1.807, 2.05) is 7.05 Å². The Labute approximate surface area is 104 Å². The van der Waals surface area contributed by atoms with E-state index in [2.05, 4.69) is 10.4 Å². The Hall–Kier alpha value is -1.75. The zero-order valence-electron chi connectivity index (χ0n) is 10.4. The fourth-order valence-electron chi connectivity index (χ4n) is 1.89. The first-order valence-corrected chi connectivity index (χ1v) is 5.74. The third-order valence-corrected chi connectivity index (χ3v) is 2.74. The van der Waals surface area contributed by atoms with E-state index in [1.165, 1.54) is 6.07 Å². The Morgan fingerprint density at radius 2 is 2.06 bits per heavy atom.